The summed E-state index contributed by atoms with van der Waals surface area (Å²) in [4.78, 5) is 29.2. The number of nitrogens with zero attached hydrogens (tertiary/aromatic N) is 4. The van der Waals surface area contributed by atoms with E-state index in [2.05, 4.69) is 5.10 Å². The fourth-order valence-corrected chi connectivity index (χ4v) is 4.38. The Morgan fingerprint density at radius 2 is 2.04 bits per heavy atom. The molecule has 2 aliphatic heterocycles. The molecule has 2 fully saturated rings. The zero-order chi connectivity index (χ0) is 19.3. The van der Waals surface area contributed by atoms with Crippen LogP contribution >= 0.6 is 11.8 Å². The Labute approximate surface area is 165 Å². The van der Waals surface area contributed by atoms with Crippen LogP contribution in [0.25, 0.3) is 0 Å². The maximum absolute atomic E-state index is 13.1. The van der Waals surface area contributed by atoms with E-state index >= 15 is 0 Å². The van der Waals surface area contributed by atoms with Gasteiger partial charge in [-0.15, -0.1) is 0 Å². The zero-order valence-corrected chi connectivity index (χ0v) is 17.1. The van der Waals surface area contributed by atoms with E-state index < -0.39 is 0 Å². The lowest BCUT2D eigenvalue weighted by Crippen LogP contribution is -2.59. The van der Waals surface area contributed by atoms with Crippen molar-refractivity contribution in [3.63, 3.8) is 0 Å². The van der Waals surface area contributed by atoms with Crippen LogP contribution in [0.1, 0.15) is 38.6 Å². The summed E-state index contributed by atoms with van der Waals surface area (Å²) in [5.41, 5.74) is -0.313. The molecule has 2 amide bonds. The molecule has 8 heteroatoms. The van der Waals surface area contributed by atoms with Crippen LogP contribution in [-0.4, -0.2) is 81.8 Å². The quantitative estimate of drug-likeness (QED) is 0.736. The fourth-order valence-electron chi connectivity index (χ4n) is 4.00. The van der Waals surface area contributed by atoms with Gasteiger partial charge in [-0.3, -0.25) is 14.3 Å². The highest BCUT2D eigenvalue weighted by Gasteiger charge is 2.42. The topological polar surface area (TPSA) is 67.7 Å². The van der Waals surface area contributed by atoms with Crippen molar-refractivity contribution >= 4 is 23.6 Å². The molecule has 0 radical (unpaired) electrons. The number of thioether (sulfide) groups is 1. The van der Waals surface area contributed by atoms with Gasteiger partial charge in [0, 0.05) is 50.7 Å². The molecule has 1 aromatic rings. The molecule has 1 aromatic heterocycles. The third-order valence-corrected chi connectivity index (χ3v) is 6.24. The number of aromatic nitrogens is 2. The van der Waals surface area contributed by atoms with Gasteiger partial charge < -0.3 is 14.5 Å². The largest absolute Gasteiger partial charge is 0.371 e. The first kappa shape index (κ1) is 20.2. The minimum Gasteiger partial charge on any atom is -0.371 e. The molecule has 0 bridgehead atoms. The second-order valence-corrected chi connectivity index (χ2v) is 8.31. The zero-order valence-electron chi connectivity index (χ0n) is 16.3. The first-order chi connectivity index (χ1) is 13.1. The maximum Gasteiger partial charge on any atom is 0.247 e. The van der Waals surface area contributed by atoms with E-state index in [4.69, 9.17) is 4.74 Å². The minimum absolute atomic E-state index is 0.113. The molecule has 27 heavy (non-hydrogen) atoms. The van der Waals surface area contributed by atoms with Gasteiger partial charge in [0.2, 0.25) is 11.8 Å². The highest BCUT2D eigenvalue weighted by Crippen LogP contribution is 2.31. The molecule has 0 aromatic carbocycles. The molecule has 0 aliphatic carbocycles. The van der Waals surface area contributed by atoms with Gasteiger partial charge in [-0.25, -0.2) is 0 Å². The van der Waals surface area contributed by atoms with Crippen LogP contribution < -0.4 is 0 Å². The first-order valence-electron chi connectivity index (χ1n) is 9.77. The summed E-state index contributed by atoms with van der Waals surface area (Å²) in [5, 5.41) is 4.25. The smallest absolute Gasteiger partial charge is 0.247 e. The molecule has 7 nitrogen and oxygen atoms in total. The Hall–Kier alpha value is -1.54. The molecule has 1 atom stereocenters. The van der Waals surface area contributed by atoms with Crippen LogP contribution in [-0.2, 0) is 14.3 Å². The summed E-state index contributed by atoms with van der Waals surface area (Å²) in [6.07, 6.45) is 8.47. The molecule has 2 saturated heterocycles. The number of carbonyl (C=O) groups is 2. The number of carbonyl (C=O) groups excluding carboxylic acids is 2. The molecule has 1 unspecified atom stereocenters. The Kier molecular flexibility index (Phi) is 6.81. The molecular formula is C19H30N4O3S. The number of rotatable bonds is 6. The van der Waals surface area contributed by atoms with E-state index in [1.54, 1.807) is 22.6 Å². The number of ether oxygens (including phenoxy) is 1. The predicted molar refractivity (Wildman–Crippen MR) is 106 cm³/mol. The van der Waals surface area contributed by atoms with E-state index in [0.717, 1.165) is 18.6 Å². The molecule has 1 spiro atoms. The lowest BCUT2D eigenvalue weighted by atomic mass is 9.89. The number of morpholine rings is 1. The number of hydrogen-bond acceptors (Lipinski definition) is 5. The number of piperidine rings is 1. The lowest BCUT2D eigenvalue weighted by Gasteiger charge is -2.47. The van der Waals surface area contributed by atoms with Crippen molar-refractivity contribution < 1.29 is 14.3 Å². The molecule has 0 saturated carbocycles. The summed E-state index contributed by atoms with van der Waals surface area (Å²) in [6.45, 7) is 5.23. The lowest BCUT2D eigenvalue weighted by molar-refractivity contribution is -0.165. The SMILES string of the molecule is CCC(C(=O)N1CCOC2(CCN(C(=O)CCSC)CC2)C1)n1cccn1. The summed E-state index contributed by atoms with van der Waals surface area (Å²) in [7, 11) is 0. The van der Waals surface area contributed by atoms with Gasteiger partial charge in [-0.2, -0.15) is 16.9 Å². The van der Waals surface area contributed by atoms with Crippen molar-refractivity contribution in [3.8, 4) is 0 Å². The molecule has 0 N–H and O–H groups in total. The van der Waals surface area contributed by atoms with E-state index in [1.165, 1.54) is 0 Å². The number of amides is 2. The molecular weight excluding hydrogens is 364 g/mol. The van der Waals surface area contributed by atoms with Gasteiger partial charge >= 0.3 is 0 Å². The molecule has 2 aliphatic rings. The second-order valence-electron chi connectivity index (χ2n) is 7.32. The third-order valence-electron chi connectivity index (χ3n) is 5.62. The standard InChI is InChI=1S/C19H30N4O3S/c1-3-16(23-9-4-8-20-23)18(25)22-12-13-26-19(15-22)6-10-21(11-7-19)17(24)5-14-27-2/h4,8-9,16H,3,5-7,10-15H2,1-2H3. The average molecular weight is 395 g/mol. The van der Waals surface area contributed by atoms with Crippen molar-refractivity contribution in [2.45, 2.75) is 44.2 Å². The summed E-state index contributed by atoms with van der Waals surface area (Å²) in [5.74, 6) is 1.21. The van der Waals surface area contributed by atoms with Crippen molar-refractivity contribution in [3.05, 3.63) is 18.5 Å². The Morgan fingerprint density at radius 1 is 1.26 bits per heavy atom. The summed E-state index contributed by atoms with van der Waals surface area (Å²) < 4.78 is 7.89. The summed E-state index contributed by atoms with van der Waals surface area (Å²) >= 11 is 1.70. The van der Waals surface area contributed by atoms with Crippen LogP contribution in [0, 0.1) is 0 Å². The molecule has 3 rings (SSSR count). The van der Waals surface area contributed by atoms with Crippen LogP contribution in [0.5, 0.6) is 0 Å². The van der Waals surface area contributed by atoms with Crippen molar-refractivity contribution in [2.24, 2.45) is 0 Å². The van der Waals surface area contributed by atoms with Crippen molar-refractivity contribution in [1.29, 1.82) is 0 Å². The van der Waals surface area contributed by atoms with Gasteiger partial charge in [0.25, 0.3) is 0 Å². The highest BCUT2D eigenvalue weighted by atomic mass is 32.2. The Morgan fingerprint density at radius 3 is 2.67 bits per heavy atom. The second kappa shape index (κ2) is 9.10. The maximum atomic E-state index is 13.1. The monoisotopic (exact) mass is 394 g/mol. The predicted octanol–water partition coefficient (Wildman–Crippen LogP) is 1.81. The van der Waals surface area contributed by atoms with E-state index in [9.17, 15) is 9.59 Å². The van der Waals surface area contributed by atoms with Crippen molar-refractivity contribution in [1.82, 2.24) is 19.6 Å². The minimum atomic E-state index is -0.313. The van der Waals surface area contributed by atoms with Crippen LogP contribution in [0.2, 0.25) is 0 Å². The van der Waals surface area contributed by atoms with Crippen LogP contribution in [0.4, 0.5) is 0 Å². The number of hydrogen-bond donors (Lipinski definition) is 0. The normalized spacial score (nSPS) is 20.7. The van der Waals surface area contributed by atoms with E-state index in [-0.39, 0.29) is 23.5 Å². The first-order valence-corrected chi connectivity index (χ1v) is 11.2. The van der Waals surface area contributed by atoms with Gasteiger partial charge in [0.1, 0.15) is 6.04 Å². The van der Waals surface area contributed by atoms with Gasteiger partial charge in [-0.05, 0) is 31.6 Å². The van der Waals surface area contributed by atoms with Gasteiger partial charge in [-0.1, -0.05) is 6.92 Å². The summed E-state index contributed by atoms with van der Waals surface area (Å²) in [6, 6.07) is 1.59. The van der Waals surface area contributed by atoms with Gasteiger partial charge in [0.05, 0.1) is 12.2 Å². The fraction of sp³-hybridized carbons (Fsp3) is 0.737. The van der Waals surface area contributed by atoms with Crippen LogP contribution in [0.3, 0.4) is 0 Å². The highest BCUT2D eigenvalue weighted by molar-refractivity contribution is 7.98. The average Bonchev–Trinajstić information content (AvgIpc) is 3.21. The van der Waals surface area contributed by atoms with Crippen molar-refractivity contribution in [2.75, 3.05) is 44.8 Å². The Balaban J connectivity index is 1.59. The van der Waals surface area contributed by atoms with E-state index in [0.29, 0.717) is 45.6 Å². The van der Waals surface area contributed by atoms with Crippen LogP contribution in [0.15, 0.2) is 18.5 Å². The molecule has 150 valence electrons. The molecule has 3 heterocycles. The van der Waals surface area contributed by atoms with E-state index in [1.807, 2.05) is 35.2 Å². The van der Waals surface area contributed by atoms with Gasteiger partial charge in [0.15, 0.2) is 0 Å². The number of likely N-dealkylation sites (tertiary alicyclic amines) is 1. The third kappa shape index (κ3) is 4.66. The Bertz CT molecular complexity index is 629.